The SMILES string of the molecule is Cn1cnnc1CNCc1n[nH]nc1-c1ccccc1. The van der Waals surface area contributed by atoms with E-state index >= 15 is 0 Å². The van der Waals surface area contributed by atoms with Crippen LogP contribution >= 0.6 is 0 Å². The first-order chi connectivity index (χ1) is 9.84. The molecule has 0 fully saturated rings. The van der Waals surface area contributed by atoms with Crippen LogP contribution in [0.2, 0.25) is 0 Å². The van der Waals surface area contributed by atoms with Crippen LogP contribution in [0.15, 0.2) is 36.7 Å². The van der Waals surface area contributed by atoms with Crippen LogP contribution in [0.5, 0.6) is 0 Å². The molecule has 20 heavy (non-hydrogen) atoms. The lowest BCUT2D eigenvalue weighted by Crippen LogP contribution is -2.16. The minimum absolute atomic E-state index is 0.619. The Morgan fingerprint density at radius 2 is 2.00 bits per heavy atom. The first kappa shape index (κ1) is 12.5. The highest BCUT2D eigenvalue weighted by atomic mass is 15.3. The van der Waals surface area contributed by atoms with Gasteiger partial charge in [-0.15, -0.1) is 10.2 Å². The number of hydrogen-bond donors (Lipinski definition) is 2. The summed E-state index contributed by atoms with van der Waals surface area (Å²) in [5, 5.41) is 22.2. The van der Waals surface area contributed by atoms with Gasteiger partial charge in [-0.1, -0.05) is 30.3 Å². The molecule has 7 heteroatoms. The van der Waals surface area contributed by atoms with Crippen LogP contribution in [0.1, 0.15) is 11.5 Å². The van der Waals surface area contributed by atoms with Crippen molar-refractivity contribution in [1.82, 2.24) is 35.5 Å². The highest BCUT2D eigenvalue weighted by Crippen LogP contribution is 2.18. The average Bonchev–Trinajstić information content (AvgIpc) is 3.10. The van der Waals surface area contributed by atoms with Crippen molar-refractivity contribution in [3.05, 3.63) is 48.2 Å². The number of hydrogen-bond acceptors (Lipinski definition) is 5. The standard InChI is InChI=1S/C13H15N7/c1-20-9-15-17-12(20)8-14-7-11-13(18-19-16-11)10-5-3-2-4-6-10/h2-6,9,14H,7-8H2,1H3,(H,16,18,19). The summed E-state index contributed by atoms with van der Waals surface area (Å²) >= 11 is 0. The van der Waals surface area contributed by atoms with Gasteiger partial charge in [0.15, 0.2) is 0 Å². The summed E-state index contributed by atoms with van der Waals surface area (Å²) in [5.41, 5.74) is 2.81. The molecule has 0 aliphatic carbocycles. The number of aromatic amines is 1. The Morgan fingerprint density at radius 1 is 1.15 bits per heavy atom. The third-order valence-electron chi connectivity index (χ3n) is 3.05. The number of aryl methyl sites for hydroxylation is 1. The summed E-state index contributed by atoms with van der Waals surface area (Å²) in [7, 11) is 1.92. The summed E-state index contributed by atoms with van der Waals surface area (Å²) < 4.78 is 1.88. The molecule has 3 rings (SSSR count). The first-order valence-electron chi connectivity index (χ1n) is 6.33. The molecule has 0 saturated heterocycles. The molecule has 0 unspecified atom stereocenters. The van der Waals surface area contributed by atoms with Crippen molar-refractivity contribution in [2.24, 2.45) is 7.05 Å². The largest absolute Gasteiger partial charge is 0.320 e. The van der Waals surface area contributed by atoms with Gasteiger partial charge in [0, 0.05) is 19.2 Å². The minimum Gasteiger partial charge on any atom is -0.320 e. The molecule has 0 bridgehead atoms. The summed E-state index contributed by atoms with van der Waals surface area (Å²) in [6, 6.07) is 9.99. The molecule has 0 atom stereocenters. The summed E-state index contributed by atoms with van der Waals surface area (Å²) in [5.74, 6) is 0.884. The van der Waals surface area contributed by atoms with E-state index in [1.807, 2.05) is 41.9 Å². The van der Waals surface area contributed by atoms with Crippen LogP contribution in [0, 0.1) is 0 Å². The maximum absolute atomic E-state index is 4.21. The number of nitrogens with zero attached hydrogens (tertiary/aromatic N) is 5. The van der Waals surface area contributed by atoms with E-state index in [2.05, 4.69) is 30.9 Å². The first-order valence-corrected chi connectivity index (χ1v) is 6.33. The second-order valence-electron chi connectivity index (χ2n) is 4.45. The van der Waals surface area contributed by atoms with E-state index in [-0.39, 0.29) is 0 Å². The Balaban J connectivity index is 1.67. The Morgan fingerprint density at radius 3 is 2.75 bits per heavy atom. The molecule has 1 aromatic carbocycles. The van der Waals surface area contributed by atoms with Crippen molar-refractivity contribution >= 4 is 0 Å². The molecule has 0 aliphatic rings. The average molecular weight is 269 g/mol. The normalized spacial score (nSPS) is 10.8. The van der Waals surface area contributed by atoms with E-state index in [4.69, 9.17) is 0 Å². The van der Waals surface area contributed by atoms with Crippen molar-refractivity contribution in [2.75, 3.05) is 0 Å². The summed E-state index contributed by atoms with van der Waals surface area (Å²) in [6.45, 7) is 1.26. The molecule has 2 N–H and O–H groups in total. The van der Waals surface area contributed by atoms with Crippen LogP contribution in [-0.2, 0) is 20.1 Å². The Hall–Kier alpha value is -2.54. The number of benzene rings is 1. The van der Waals surface area contributed by atoms with E-state index in [1.165, 1.54) is 0 Å². The van der Waals surface area contributed by atoms with Gasteiger partial charge >= 0.3 is 0 Å². The van der Waals surface area contributed by atoms with Crippen molar-refractivity contribution in [2.45, 2.75) is 13.1 Å². The monoisotopic (exact) mass is 269 g/mol. The molecular formula is C13H15N7. The van der Waals surface area contributed by atoms with E-state index < -0.39 is 0 Å². The summed E-state index contributed by atoms with van der Waals surface area (Å²) in [6.07, 6.45) is 1.68. The van der Waals surface area contributed by atoms with Crippen LogP contribution in [0.4, 0.5) is 0 Å². The van der Waals surface area contributed by atoms with Gasteiger partial charge < -0.3 is 9.88 Å². The van der Waals surface area contributed by atoms with Gasteiger partial charge in [-0.3, -0.25) is 0 Å². The maximum Gasteiger partial charge on any atom is 0.146 e. The zero-order chi connectivity index (χ0) is 13.8. The fraction of sp³-hybridized carbons (Fsp3) is 0.231. The number of rotatable bonds is 5. The van der Waals surface area contributed by atoms with Gasteiger partial charge in [0.05, 0.1) is 6.54 Å². The lowest BCUT2D eigenvalue weighted by Gasteiger charge is -2.03. The van der Waals surface area contributed by atoms with Crippen LogP contribution in [-0.4, -0.2) is 30.2 Å². The molecule has 0 spiro atoms. The van der Waals surface area contributed by atoms with Crippen molar-refractivity contribution in [1.29, 1.82) is 0 Å². The second kappa shape index (κ2) is 5.62. The minimum atomic E-state index is 0.619. The topological polar surface area (TPSA) is 84.3 Å². The second-order valence-corrected chi connectivity index (χ2v) is 4.45. The number of H-pyrrole nitrogens is 1. The van der Waals surface area contributed by atoms with E-state index in [1.54, 1.807) is 6.33 Å². The van der Waals surface area contributed by atoms with E-state index in [0.29, 0.717) is 13.1 Å². The van der Waals surface area contributed by atoms with E-state index in [0.717, 1.165) is 22.8 Å². The molecule has 3 aromatic rings. The maximum atomic E-state index is 4.21. The van der Waals surface area contributed by atoms with Crippen LogP contribution in [0.25, 0.3) is 11.3 Å². The fourth-order valence-corrected chi connectivity index (χ4v) is 1.96. The van der Waals surface area contributed by atoms with Crippen LogP contribution < -0.4 is 5.32 Å². The predicted octanol–water partition coefficient (Wildman–Crippen LogP) is 0.890. The number of nitrogens with one attached hydrogen (secondary N) is 2. The van der Waals surface area contributed by atoms with Gasteiger partial charge in [0.25, 0.3) is 0 Å². The highest BCUT2D eigenvalue weighted by Gasteiger charge is 2.09. The van der Waals surface area contributed by atoms with E-state index in [9.17, 15) is 0 Å². The van der Waals surface area contributed by atoms with Gasteiger partial charge in [0.2, 0.25) is 0 Å². The molecule has 7 nitrogen and oxygen atoms in total. The predicted molar refractivity (Wildman–Crippen MR) is 73.4 cm³/mol. The van der Waals surface area contributed by atoms with Crippen molar-refractivity contribution < 1.29 is 0 Å². The molecule has 0 amide bonds. The van der Waals surface area contributed by atoms with Crippen LogP contribution in [0.3, 0.4) is 0 Å². The van der Waals surface area contributed by atoms with Gasteiger partial charge in [-0.05, 0) is 0 Å². The molecule has 102 valence electrons. The smallest absolute Gasteiger partial charge is 0.146 e. The van der Waals surface area contributed by atoms with Crippen molar-refractivity contribution in [3.8, 4) is 11.3 Å². The summed E-state index contributed by atoms with van der Waals surface area (Å²) in [4.78, 5) is 0. The zero-order valence-electron chi connectivity index (χ0n) is 11.1. The zero-order valence-corrected chi connectivity index (χ0v) is 11.1. The molecular weight excluding hydrogens is 254 g/mol. The van der Waals surface area contributed by atoms with Gasteiger partial charge in [-0.25, -0.2) is 0 Å². The van der Waals surface area contributed by atoms with Gasteiger partial charge in [-0.2, -0.15) is 15.4 Å². The Bertz CT molecular complexity index is 671. The quantitative estimate of drug-likeness (QED) is 0.718. The molecule has 0 aliphatic heterocycles. The molecule has 2 heterocycles. The Kier molecular flexibility index (Phi) is 3.51. The van der Waals surface area contributed by atoms with Crippen molar-refractivity contribution in [3.63, 3.8) is 0 Å². The molecule has 0 radical (unpaired) electrons. The third kappa shape index (κ3) is 2.57. The Labute approximate surface area is 116 Å². The fourth-order valence-electron chi connectivity index (χ4n) is 1.96. The molecule has 2 aromatic heterocycles. The lowest BCUT2D eigenvalue weighted by atomic mass is 10.1. The lowest BCUT2D eigenvalue weighted by molar-refractivity contribution is 0.628. The number of aromatic nitrogens is 6. The van der Waals surface area contributed by atoms with Gasteiger partial charge in [0.1, 0.15) is 23.5 Å². The third-order valence-corrected chi connectivity index (χ3v) is 3.05. The molecule has 0 saturated carbocycles. The highest BCUT2D eigenvalue weighted by molar-refractivity contribution is 5.60.